The van der Waals surface area contributed by atoms with Crippen LogP contribution in [0.25, 0.3) is 0 Å². The minimum absolute atomic E-state index is 0.222. The monoisotopic (exact) mass is 302 g/mol. The quantitative estimate of drug-likeness (QED) is 0.864. The van der Waals surface area contributed by atoms with Crippen molar-refractivity contribution in [1.82, 2.24) is 10.2 Å². The van der Waals surface area contributed by atoms with Crippen molar-refractivity contribution in [2.24, 2.45) is 0 Å². The third-order valence-electron chi connectivity index (χ3n) is 5.04. The number of sulfone groups is 1. The third kappa shape index (κ3) is 3.20. The second kappa shape index (κ2) is 5.58. The molecule has 1 aliphatic carbocycles. The van der Waals surface area contributed by atoms with E-state index in [1.165, 1.54) is 25.7 Å². The Morgan fingerprint density at radius 3 is 2.40 bits per heavy atom. The van der Waals surface area contributed by atoms with Gasteiger partial charge in [-0.15, -0.1) is 0 Å². The van der Waals surface area contributed by atoms with Crippen LogP contribution in [0.3, 0.4) is 0 Å². The molecule has 1 atom stereocenters. The molecule has 5 heteroatoms. The summed E-state index contributed by atoms with van der Waals surface area (Å²) in [6, 6.07) is 0.457. The van der Waals surface area contributed by atoms with Crippen molar-refractivity contribution in [2.75, 3.05) is 25.4 Å². The molecule has 1 saturated heterocycles. The van der Waals surface area contributed by atoms with Crippen LogP contribution >= 0.6 is 0 Å². The first-order chi connectivity index (χ1) is 9.16. The van der Waals surface area contributed by atoms with Crippen molar-refractivity contribution in [2.45, 2.75) is 69.7 Å². The van der Waals surface area contributed by atoms with E-state index in [2.05, 4.69) is 17.1 Å². The molecule has 2 fully saturated rings. The fourth-order valence-electron chi connectivity index (χ4n) is 3.46. The zero-order valence-electron chi connectivity index (χ0n) is 13.4. The van der Waals surface area contributed by atoms with Crippen molar-refractivity contribution in [3.05, 3.63) is 0 Å². The highest BCUT2D eigenvalue weighted by Crippen LogP contribution is 2.36. The summed E-state index contributed by atoms with van der Waals surface area (Å²) in [7, 11) is -3.02. The lowest BCUT2D eigenvalue weighted by molar-refractivity contribution is 0.0526. The Morgan fingerprint density at radius 2 is 1.85 bits per heavy atom. The topological polar surface area (TPSA) is 49.4 Å². The molecule has 4 nitrogen and oxygen atoms in total. The Kier molecular flexibility index (Phi) is 4.53. The van der Waals surface area contributed by atoms with E-state index >= 15 is 0 Å². The summed E-state index contributed by atoms with van der Waals surface area (Å²) in [5, 5.41) is 3.58. The zero-order valence-corrected chi connectivity index (χ0v) is 14.2. The lowest BCUT2D eigenvalue weighted by Gasteiger charge is -2.48. The summed E-state index contributed by atoms with van der Waals surface area (Å²) in [6.45, 7) is 10.3. The van der Waals surface area contributed by atoms with E-state index in [9.17, 15) is 8.42 Å². The minimum Gasteiger partial charge on any atom is -0.311 e. The molecule has 0 aromatic heterocycles. The van der Waals surface area contributed by atoms with E-state index < -0.39 is 14.6 Å². The van der Waals surface area contributed by atoms with Gasteiger partial charge in [-0.2, -0.15) is 0 Å². The van der Waals surface area contributed by atoms with Crippen molar-refractivity contribution < 1.29 is 8.42 Å². The molecule has 2 rings (SSSR count). The molecule has 1 spiro atoms. The van der Waals surface area contributed by atoms with Gasteiger partial charge < -0.3 is 5.32 Å². The second-order valence-electron chi connectivity index (χ2n) is 7.59. The Balaban J connectivity index is 2.06. The molecule has 1 aliphatic heterocycles. The molecule has 1 saturated carbocycles. The number of hydrogen-bond donors (Lipinski definition) is 1. The molecule has 1 N–H and O–H groups in total. The predicted molar refractivity (Wildman–Crippen MR) is 83.8 cm³/mol. The molecule has 118 valence electrons. The SMILES string of the molecule is CC1CN(CCS(=O)(=O)C(C)(C)C)C2(CCCC2)CN1. The summed E-state index contributed by atoms with van der Waals surface area (Å²) < 4.78 is 24.0. The lowest BCUT2D eigenvalue weighted by atomic mass is 9.91. The summed E-state index contributed by atoms with van der Waals surface area (Å²) >= 11 is 0. The molecule has 0 radical (unpaired) electrons. The van der Waals surface area contributed by atoms with Crippen LogP contribution in [-0.2, 0) is 9.84 Å². The van der Waals surface area contributed by atoms with Crippen LogP contribution in [0.1, 0.15) is 53.4 Å². The fraction of sp³-hybridized carbons (Fsp3) is 1.00. The number of rotatable bonds is 3. The van der Waals surface area contributed by atoms with Gasteiger partial charge in [-0.05, 0) is 40.5 Å². The Hall–Kier alpha value is -0.130. The molecule has 0 amide bonds. The minimum atomic E-state index is -3.02. The van der Waals surface area contributed by atoms with Crippen LogP contribution in [-0.4, -0.2) is 55.0 Å². The fourth-order valence-corrected chi connectivity index (χ4v) is 4.53. The molecule has 0 aromatic carbocycles. The smallest absolute Gasteiger partial charge is 0.156 e. The summed E-state index contributed by atoms with van der Waals surface area (Å²) in [5.74, 6) is 0.283. The first kappa shape index (κ1) is 16.2. The molecular formula is C15H30N2O2S. The maximum absolute atomic E-state index is 12.3. The highest BCUT2D eigenvalue weighted by Gasteiger charge is 2.43. The van der Waals surface area contributed by atoms with E-state index in [0.29, 0.717) is 12.6 Å². The van der Waals surface area contributed by atoms with Crippen molar-refractivity contribution in [3.8, 4) is 0 Å². The van der Waals surface area contributed by atoms with Gasteiger partial charge in [-0.25, -0.2) is 8.42 Å². The standard InChI is InChI=1S/C15H30N2O2S/c1-13-11-17(9-10-20(18,19)14(2,3)4)15(12-16-13)7-5-6-8-15/h13,16H,5-12H2,1-4H3. The van der Waals surface area contributed by atoms with E-state index in [-0.39, 0.29) is 11.3 Å². The molecule has 20 heavy (non-hydrogen) atoms. The molecule has 1 unspecified atom stereocenters. The molecule has 0 bridgehead atoms. The van der Waals surface area contributed by atoms with Gasteiger partial charge in [0.05, 0.1) is 10.5 Å². The Morgan fingerprint density at radius 1 is 1.25 bits per heavy atom. The summed E-state index contributed by atoms with van der Waals surface area (Å²) in [5.41, 5.74) is 0.222. The van der Waals surface area contributed by atoms with Crippen LogP contribution in [0.4, 0.5) is 0 Å². The maximum atomic E-state index is 12.3. The first-order valence-corrected chi connectivity index (χ1v) is 9.52. The van der Waals surface area contributed by atoms with Gasteiger partial charge >= 0.3 is 0 Å². The largest absolute Gasteiger partial charge is 0.311 e. The summed E-state index contributed by atoms with van der Waals surface area (Å²) in [6.07, 6.45) is 4.97. The number of nitrogens with zero attached hydrogens (tertiary/aromatic N) is 1. The van der Waals surface area contributed by atoms with E-state index in [0.717, 1.165) is 13.1 Å². The zero-order chi connectivity index (χ0) is 15.0. The van der Waals surface area contributed by atoms with Crippen LogP contribution in [0.15, 0.2) is 0 Å². The Bertz CT molecular complexity index is 433. The molecule has 0 aromatic rings. The lowest BCUT2D eigenvalue weighted by Crippen LogP contribution is -2.63. The van der Waals surface area contributed by atoms with Crippen molar-refractivity contribution >= 4 is 9.84 Å². The van der Waals surface area contributed by atoms with Gasteiger partial charge in [0.25, 0.3) is 0 Å². The number of nitrogens with one attached hydrogen (secondary N) is 1. The maximum Gasteiger partial charge on any atom is 0.156 e. The molecular weight excluding hydrogens is 272 g/mol. The third-order valence-corrected chi connectivity index (χ3v) is 7.63. The van der Waals surface area contributed by atoms with Gasteiger partial charge in [0, 0.05) is 31.2 Å². The van der Waals surface area contributed by atoms with Crippen molar-refractivity contribution in [3.63, 3.8) is 0 Å². The highest BCUT2D eigenvalue weighted by molar-refractivity contribution is 7.92. The van der Waals surface area contributed by atoms with Crippen LogP contribution < -0.4 is 5.32 Å². The number of hydrogen-bond acceptors (Lipinski definition) is 4. The van der Waals surface area contributed by atoms with Gasteiger partial charge in [0.2, 0.25) is 0 Å². The highest BCUT2D eigenvalue weighted by atomic mass is 32.2. The van der Waals surface area contributed by atoms with Crippen LogP contribution in [0, 0.1) is 0 Å². The van der Waals surface area contributed by atoms with E-state index in [1.807, 2.05) is 0 Å². The van der Waals surface area contributed by atoms with Gasteiger partial charge in [0.15, 0.2) is 9.84 Å². The van der Waals surface area contributed by atoms with Gasteiger partial charge in [0.1, 0.15) is 0 Å². The average Bonchev–Trinajstić information content (AvgIpc) is 2.79. The first-order valence-electron chi connectivity index (χ1n) is 7.87. The number of piperazine rings is 1. The van der Waals surface area contributed by atoms with Gasteiger partial charge in [-0.1, -0.05) is 12.8 Å². The summed E-state index contributed by atoms with van der Waals surface area (Å²) in [4.78, 5) is 2.46. The average molecular weight is 302 g/mol. The second-order valence-corrected chi connectivity index (χ2v) is 10.5. The van der Waals surface area contributed by atoms with Crippen molar-refractivity contribution in [1.29, 1.82) is 0 Å². The van der Waals surface area contributed by atoms with E-state index in [4.69, 9.17) is 0 Å². The molecule has 2 aliphatic rings. The Labute approximate surface area is 124 Å². The van der Waals surface area contributed by atoms with Crippen LogP contribution in [0.5, 0.6) is 0 Å². The molecule has 1 heterocycles. The normalized spacial score (nSPS) is 28.1. The van der Waals surface area contributed by atoms with Crippen LogP contribution in [0.2, 0.25) is 0 Å². The predicted octanol–water partition coefficient (Wildman–Crippen LogP) is 1.81. The van der Waals surface area contributed by atoms with E-state index in [1.54, 1.807) is 20.8 Å². The van der Waals surface area contributed by atoms with Gasteiger partial charge in [-0.3, -0.25) is 4.90 Å².